The third-order valence-corrected chi connectivity index (χ3v) is 3.78. The molecule has 6 nitrogen and oxygen atoms in total. The summed E-state index contributed by atoms with van der Waals surface area (Å²) in [5.74, 6) is -0.625. The Morgan fingerprint density at radius 3 is 2.36 bits per heavy atom. The fourth-order valence-electron chi connectivity index (χ4n) is 1.88. The maximum atomic E-state index is 12.3. The first-order chi connectivity index (χ1) is 10.5. The number of benzene rings is 1. The predicted molar refractivity (Wildman–Crippen MR) is 85.8 cm³/mol. The fraction of sp³-hybridized carbons (Fsp3) is 0.333. The molecule has 0 aliphatic rings. The molecule has 1 aromatic heterocycles. The Bertz CT molecular complexity index is 655. The van der Waals surface area contributed by atoms with Crippen molar-refractivity contribution in [1.29, 1.82) is 0 Å². The van der Waals surface area contributed by atoms with E-state index in [1.807, 2.05) is 26.8 Å². The second-order valence-corrected chi connectivity index (χ2v) is 6.36. The van der Waals surface area contributed by atoms with Gasteiger partial charge in [-0.1, -0.05) is 43.4 Å². The Labute approximate surface area is 133 Å². The number of carbonyl (C=O) groups excluding carboxylic acids is 2. The normalized spacial score (nSPS) is 12.0. The number of hydrogen-bond acceptors (Lipinski definition) is 5. The highest BCUT2D eigenvalue weighted by Crippen LogP contribution is 2.15. The van der Waals surface area contributed by atoms with Gasteiger partial charge in [-0.15, -0.1) is 10.2 Å². The van der Waals surface area contributed by atoms with Crippen LogP contribution < -0.4 is 10.6 Å². The van der Waals surface area contributed by atoms with Crippen molar-refractivity contribution < 1.29 is 9.59 Å². The first kappa shape index (κ1) is 16.1. The molecule has 1 atom stereocenters. The summed E-state index contributed by atoms with van der Waals surface area (Å²) in [7, 11) is 0. The van der Waals surface area contributed by atoms with Crippen LogP contribution in [-0.2, 0) is 4.79 Å². The number of aryl methyl sites for hydroxylation is 1. The van der Waals surface area contributed by atoms with E-state index in [2.05, 4.69) is 20.8 Å². The number of amides is 2. The molecule has 22 heavy (non-hydrogen) atoms. The highest BCUT2D eigenvalue weighted by atomic mass is 32.1. The Hall–Kier alpha value is -2.28. The van der Waals surface area contributed by atoms with Crippen molar-refractivity contribution in [2.75, 3.05) is 5.32 Å². The molecule has 2 amide bonds. The van der Waals surface area contributed by atoms with Crippen LogP contribution in [0, 0.1) is 12.8 Å². The largest absolute Gasteiger partial charge is 0.340 e. The zero-order valence-corrected chi connectivity index (χ0v) is 13.5. The van der Waals surface area contributed by atoms with Gasteiger partial charge in [0.05, 0.1) is 0 Å². The lowest BCUT2D eigenvalue weighted by Crippen LogP contribution is -2.47. The first-order valence-electron chi connectivity index (χ1n) is 6.94. The van der Waals surface area contributed by atoms with Gasteiger partial charge in [0.2, 0.25) is 11.0 Å². The van der Waals surface area contributed by atoms with Gasteiger partial charge in [0, 0.05) is 5.56 Å². The Morgan fingerprint density at radius 1 is 1.14 bits per heavy atom. The molecule has 1 unspecified atom stereocenters. The number of carbonyl (C=O) groups is 2. The SMILES string of the molecule is Cc1nnc(NC(=O)C(NC(=O)c2ccccc2)C(C)C)s1. The maximum absolute atomic E-state index is 12.3. The summed E-state index contributed by atoms with van der Waals surface area (Å²) in [5, 5.41) is 14.4. The van der Waals surface area contributed by atoms with Crippen molar-refractivity contribution in [1.82, 2.24) is 15.5 Å². The molecule has 0 aliphatic heterocycles. The number of rotatable bonds is 5. The third kappa shape index (κ3) is 4.11. The van der Waals surface area contributed by atoms with Crippen molar-refractivity contribution in [3.63, 3.8) is 0 Å². The molecule has 0 saturated carbocycles. The lowest BCUT2D eigenvalue weighted by atomic mass is 10.0. The molecule has 2 aromatic rings. The second kappa shape index (κ2) is 7.13. The van der Waals surface area contributed by atoms with E-state index in [1.54, 1.807) is 24.3 Å². The van der Waals surface area contributed by atoms with Crippen LogP contribution in [0.15, 0.2) is 30.3 Å². The molecule has 2 rings (SSSR count). The van der Waals surface area contributed by atoms with Gasteiger partial charge in [-0.2, -0.15) is 0 Å². The highest BCUT2D eigenvalue weighted by Gasteiger charge is 2.25. The molecule has 0 spiro atoms. The molecular formula is C15H18N4O2S. The minimum absolute atomic E-state index is 0.0540. The smallest absolute Gasteiger partial charge is 0.251 e. The van der Waals surface area contributed by atoms with Gasteiger partial charge < -0.3 is 5.32 Å². The zero-order chi connectivity index (χ0) is 16.1. The second-order valence-electron chi connectivity index (χ2n) is 5.18. The average Bonchev–Trinajstić information content (AvgIpc) is 2.90. The van der Waals surface area contributed by atoms with E-state index in [0.717, 1.165) is 5.01 Å². The fourth-order valence-corrected chi connectivity index (χ4v) is 2.47. The van der Waals surface area contributed by atoms with Crippen LogP contribution in [-0.4, -0.2) is 28.1 Å². The standard InChI is InChI=1S/C15H18N4O2S/c1-9(2)12(14(21)17-15-19-18-10(3)22-15)16-13(20)11-7-5-4-6-8-11/h4-9,12H,1-3H3,(H,16,20)(H,17,19,21). The average molecular weight is 318 g/mol. The Kier molecular flexibility index (Phi) is 5.21. The van der Waals surface area contributed by atoms with Gasteiger partial charge in [0.1, 0.15) is 11.0 Å². The van der Waals surface area contributed by atoms with Crippen LogP contribution in [0.1, 0.15) is 29.2 Å². The van der Waals surface area contributed by atoms with Crippen LogP contribution in [0.4, 0.5) is 5.13 Å². The minimum atomic E-state index is -0.642. The minimum Gasteiger partial charge on any atom is -0.340 e. The molecule has 0 saturated heterocycles. The maximum Gasteiger partial charge on any atom is 0.251 e. The number of nitrogens with zero attached hydrogens (tertiary/aromatic N) is 2. The highest BCUT2D eigenvalue weighted by molar-refractivity contribution is 7.15. The van der Waals surface area contributed by atoms with Crippen LogP contribution in [0.25, 0.3) is 0 Å². The van der Waals surface area contributed by atoms with Crippen molar-refractivity contribution in [3.8, 4) is 0 Å². The molecule has 1 heterocycles. The van der Waals surface area contributed by atoms with Crippen LogP contribution in [0.3, 0.4) is 0 Å². The summed E-state index contributed by atoms with van der Waals surface area (Å²) in [5.41, 5.74) is 0.521. The molecule has 116 valence electrons. The number of aromatic nitrogens is 2. The predicted octanol–water partition coefficient (Wildman–Crippen LogP) is 2.24. The van der Waals surface area contributed by atoms with E-state index in [1.165, 1.54) is 11.3 Å². The van der Waals surface area contributed by atoms with Crippen LogP contribution in [0.2, 0.25) is 0 Å². The van der Waals surface area contributed by atoms with Gasteiger partial charge in [-0.3, -0.25) is 14.9 Å². The summed E-state index contributed by atoms with van der Waals surface area (Å²) >= 11 is 1.29. The van der Waals surface area contributed by atoms with Gasteiger partial charge in [0.25, 0.3) is 5.91 Å². The lowest BCUT2D eigenvalue weighted by Gasteiger charge is -2.21. The molecule has 0 fully saturated rings. The van der Waals surface area contributed by atoms with Crippen molar-refractivity contribution >= 4 is 28.3 Å². The van der Waals surface area contributed by atoms with Crippen molar-refractivity contribution in [3.05, 3.63) is 40.9 Å². The monoisotopic (exact) mass is 318 g/mol. The summed E-state index contributed by atoms with van der Waals surface area (Å²) in [4.78, 5) is 24.5. The van der Waals surface area contributed by atoms with E-state index in [4.69, 9.17) is 0 Å². The number of hydrogen-bond donors (Lipinski definition) is 2. The summed E-state index contributed by atoms with van der Waals surface area (Å²) in [6.45, 7) is 5.56. The first-order valence-corrected chi connectivity index (χ1v) is 7.76. The van der Waals surface area contributed by atoms with Crippen LogP contribution >= 0.6 is 11.3 Å². The van der Waals surface area contributed by atoms with E-state index < -0.39 is 6.04 Å². The molecule has 1 aromatic carbocycles. The van der Waals surface area contributed by atoms with Gasteiger partial charge in [-0.25, -0.2) is 0 Å². The van der Waals surface area contributed by atoms with Gasteiger partial charge >= 0.3 is 0 Å². The topological polar surface area (TPSA) is 84.0 Å². The van der Waals surface area contributed by atoms with Gasteiger partial charge in [-0.05, 0) is 25.0 Å². The van der Waals surface area contributed by atoms with E-state index in [0.29, 0.717) is 10.7 Å². The summed E-state index contributed by atoms with van der Waals surface area (Å²) in [6, 6.07) is 8.17. The lowest BCUT2D eigenvalue weighted by molar-refractivity contribution is -0.118. The molecular weight excluding hydrogens is 300 g/mol. The summed E-state index contributed by atoms with van der Waals surface area (Å²) in [6.07, 6.45) is 0. The van der Waals surface area contributed by atoms with E-state index in [-0.39, 0.29) is 17.7 Å². The number of anilines is 1. The third-order valence-electron chi connectivity index (χ3n) is 3.03. The molecule has 0 bridgehead atoms. The van der Waals surface area contributed by atoms with Crippen molar-refractivity contribution in [2.45, 2.75) is 26.8 Å². The van der Waals surface area contributed by atoms with E-state index >= 15 is 0 Å². The van der Waals surface area contributed by atoms with E-state index in [9.17, 15) is 9.59 Å². The zero-order valence-electron chi connectivity index (χ0n) is 12.7. The molecule has 0 aliphatic carbocycles. The summed E-state index contributed by atoms with van der Waals surface area (Å²) < 4.78 is 0. The molecule has 0 radical (unpaired) electrons. The van der Waals surface area contributed by atoms with Gasteiger partial charge in [0.15, 0.2) is 0 Å². The Balaban J connectivity index is 2.06. The molecule has 2 N–H and O–H groups in total. The quantitative estimate of drug-likeness (QED) is 0.885. The molecule has 7 heteroatoms. The number of nitrogens with one attached hydrogen (secondary N) is 2. The van der Waals surface area contributed by atoms with Crippen molar-refractivity contribution in [2.24, 2.45) is 5.92 Å². The van der Waals surface area contributed by atoms with Crippen LogP contribution in [0.5, 0.6) is 0 Å². The Morgan fingerprint density at radius 2 is 1.82 bits per heavy atom.